The summed E-state index contributed by atoms with van der Waals surface area (Å²) in [6.07, 6.45) is 1.46. The average molecular weight is 386 g/mol. The van der Waals surface area contributed by atoms with Crippen molar-refractivity contribution in [3.63, 3.8) is 0 Å². The fourth-order valence-electron chi connectivity index (χ4n) is 3.26. The SMILES string of the molecule is CC(C)C(C(=O)NCCN(C)c1ccccc1)n1cnc2cc(F)c(F)cc21. The van der Waals surface area contributed by atoms with Crippen LogP contribution in [-0.4, -0.2) is 35.6 Å². The molecular weight excluding hydrogens is 362 g/mol. The number of carbonyl (C=O) groups is 1. The lowest BCUT2D eigenvalue weighted by Crippen LogP contribution is -2.39. The number of rotatable bonds is 7. The minimum Gasteiger partial charge on any atom is -0.373 e. The molecule has 0 aliphatic heterocycles. The minimum absolute atomic E-state index is 0.0580. The molecule has 148 valence electrons. The third kappa shape index (κ3) is 4.13. The van der Waals surface area contributed by atoms with Crippen LogP contribution in [0.4, 0.5) is 14.5 Å². The predicted molar refractivity (Wildman–Crippen MR) is 106 cm³/mol. The summed E-state index contributed by atoms with van der Waals surface area (Å²) in [6, 6.07) is 11.5. The fraction of sp³-hybridized carbons (Fsp3) is 0.333. The maximum Gasteiger partial charge on any atom is 0.243 e. The number of nitrogens with one attached hydrogen (secondary N) is 1. The molecule has 0 spiro atoms. The van der Waals surface area contributed by atoms with Crippen molar-refractivity contribution in [3.05, 3.63) is 60.4 Å². The number of halogens is 2. The highest BCUT2D eigenvalue weighted by molar-refractivity contribution is 5.84. The van der Waals surface area contributed by atoms with Gasteiger partial charge in [0.25, 0.3) is 0 Å². The van der Waals surface area contributed by atoms with Gasteiger partial charge >= 0.3 is 0 Å². The van der Waals surface area contributed by atoms with Gasteiger partial charge in [-0.05, 0) is 18.1 Å². The first-order valence-electron chi connectivity index (χ1n) is 9.24. The van der Waals surface area contributed by atoms with Crippen LogP contribution in [0.5, 0.6) is 0 Å². The predicted octanol–water partition coefficient (Wildman–Crippen LogP) is 3.76. The van der Waals surface area contributed by atoms with Gasteiger partial charge in [-0.15, -0.1) is 0 Å². The zero-order chi connectivity index (χ0) is 20.3. The summed E-state index contributed by atoms with van der Waals surface area (Å²) in [7, 11) is 1.96. The van der Waals surface area contributed by atoms with Gasteiger partial charge in [-0.2, -0.15) is 0 Å². The van der Waals surface area contributed by atoms with Gasteiger partial charge < -0.3 is 14.8 Å². The normalized spacial score (nSPS) is 12.4. The van der Waals surface area contributed by atoms with Gasteiger partial charge in [0.2, 0.25) is 5.91 Å². The number of anilines is 1. The van der Waals surface area contributed by atoms with Crippen LogP contribution < -0.4 is 10.2 Å². The number of carbonyl (C=O) groups excluding carboxylic acids is 1. The monoisotopic (exact) mass is 386 g/mol. The molecule has 2 aromatic carbocycles. The van der Waals surface area contributed by atoms with E-state index in [0.717, 1.165) is 17.8 Å². The number of para-hydroxylation sites is 1. The van der Waals surface area contributed by atoms with Crippen LogP contribution in [-0.2, 0) is 4.79 Å². The van der Waals surface area contributed by atoms with Crippen LogP contribution in [0.2, 0.25) is 0 Å². The lowest BCUT2D eigenvalue weighted by atomic mass is 10.0. The molecule has 5 nitrogen and oxygen atoms in total. The molecule has 0 aliphatic carbocycles. The molecule has 0 bridgehead atoms. The van der Waals surface area contributed by atoms with E-state index >= 15 is 0 Å². The van der Waals surface area contributed by atoms with Crippen molar-refractivity contribution in [2.75, 3.05) is 25.0 Å². The zero-order valence-corrected chi connectivity index (χ0v) is 16.2. The molecule has 3 rings (SSSR count). The Kier molecular flexibility index (Phi) is 5.92. The average Bonchev–Trinajstić information content (AvgIpc) is 3.05. The van der Waals surface area contributed by atoms with Crippen molar-refractivity contribution in [2.24, 2.45) is 5.92 Å². The number of imidazole rings is 1. The molecule has 28 heavy (non-hydrogen) atoms. The Morgan fingerprint density at radius 2 is 1.86 bits per heavy atom. The molecule has 0 saturated carbocycles. The number of amides is 1. The Labute approximate surface area is 163 Å². The summed E-state index contributed by atoms with van der Waals surface area (Å²) < 4.78 is 28.8. The standard InChI is InChI=1S/C21H24F2N4O/c1-14(2)20(27-13-25-18-11-16(22)17(23)12-19(18)27)21(28)24-9-10-26(3)15-7-5-4-6-8-15/h4-8,11-14,20H,9-10H2,1-3H3,(H,24,28). The maximum atomic E-state index is 13.7. The molecule has 1 aromatic heterocycles. The number of hydrogen-bond acceptors (Lipinski definition) is 3. The van der Waals surface area contributed by atoms with Crippen LogP contribution >= 0.6 is 0 Å². The second kappa shape index (κ2) is 8.37. The van der Waals surface area contributed by atoms with Gasteiger partial charge in [-0.3, -0.25) is 4.79 Å². The summed E-state index contributed by atoms with van der Waals surface area (Å²) >= 11 is 0. The second-order valence-electron chi connectivity index (χ2n) is 7.14. The first kappa shape index (κ1) is 19.8. The molecule has 1 heterocycles. The van der Waals surface area contributed by atoms with E-state index in [1.165, 1.54) is 6.33 Å². The van der Waals surface area contributed by atoms with E-state index in [9.17, 15) is 13.6 Å². The Balaban J connectivity index is 1.72. The molecule has 1 N–H and O–H groups in total. The van der Waals surface area contributed by atoms with Crippen LogP contribution in [0, 0.1) is 17.6 Å². The Bertz CT molecular complexity index is 956. The van der Waals surface area contributed by atoms with Crippen LogP contribution in [0.25, 0.3) is 11.0 Å². The van der Waals surface area contributed by atoms with Crippen molar-refractivity contribution in [2.45, 2.75) is 19.9 Å². The van der Waals surface area contributed by atoms with Gasteiger partial charge in [0.05, 0.1) is 17.4 Å². The molecule has 3 aromatic rings. The Morgan fingerprint density at radius 1 is 1.18 bits per heavy atom. The quantitative estimate of drug-likeness (QED) is 0.673. The Hall–Kier alpha value is -2.96. The summed E-state index contributed by atoms with van der Waals surface area (Å²) in [5.41, 5.74) is 1.78. The van der Waals surface area contributed by atoms with E-state index in [4.69, 9.17) is 0 Å². The van der Waals surface area contributed by atoms with Gasteiger partial charge in [-0.25, -0.2) is 13.8 Å². The highest BCUT2D eigenvalue weighted by Gasteiger charge is 2.26. The topological polar surface area (TPSA) is 50.2 Å². The number of nitrogens with zero attached hydrogens (tertiary/aromatic N) is 3. The van der Waals surface area contributed by atoms with Gasteiger partial charge in [0, 0.05) is 38.0 Å². The maximum absolute atomic E-state index is 13.7. The molecule has 1 atom stereocenters. The van der Waals surface area contributed by atoms with E-state index in [1.807, 2.05) is 51.2 Å². The third-order valence-electron chi connectivity index (χ3n) is 4.76. The molecule has 0 radical (unpaired) electrons. The van der Waals surface area contributed by atoms with Crippen molar-refractivity contribution >= 4 is 22.6 Å². The molecule has 0 saturated heterocycles. The molecular formula is C21H24F2N4O. The summed E-state index contributed by atoms with van der Waals surface area (Å²) in [6.45, 7) is 4.92. The summed E-state index contributed by atoms with van der Waals surface area (Å²) in [4.78, 5) is 19.0. The van der Waals surface area contributed by atoms with Gasteiger partial charge in [0.15, 0.2) is 11.6 Å². The van der Waals surface area contributed by atoms with Crippen molar-refractivity contribution in [1.29, 1.82) is 0 Å². The van der Waals surface area contributed by atoms with E-state index < -0.39 is 17.7 Å². The van der Waals surface area contributed by atoms with Crippen molar-refractivity contribution < 1.29 is 13.6 Å². The van der Waals surface area contributed by atoms with E-state index in [0.29, 0.717) is 24.1 Å². The second-order valence-corrected chi connectivity index (χ2v) is 7.14. The number of hydrogen-bond donors (Lipinski definition) is 1. The fourth-order valence-corrected chi connectivity index (χ4v) is 3.26. The molecule has 0 fully saturated rings. The molecule has 0 aliphatic rings. The highest BCUT2D eigenvalue weighted by atomic mass is 19.2. The van der Waals surface area contributed by atoms with E-state index in [-0.39, 0.29) is 11.8 Å². The van der Waals surface area contributed by atoms with Crippen LogP contribution in [0.1, 0.15) is 19.9 Å². The van der Waals surface area contributed by atoms with Crippen LogP contribution in [0.3, 0.4) is 0 Å². The Morgan fingerprint density at radius 3 is 2.54 bits per heavy atom. The number of likely N-dealkylation sites (N-methyl/N-ethyl adjacent to an activating group) is 1. The third-order valence-corrected chi connectivity index (χ3v) is 4.76. The number of aromatic nitrogens is 2. The van der Waals surface area contributed by atoms with Crippen molar-refractivity contribution in [3.8, 4) is 0 Å². The number of fused-ring (bicyclic) bond motifs is 1. The first-order chi connectivity index (χ1) is 13.4. The highest BCUT2D eigenvalue weighted by Crippen LogP contribution is 2.25. The first-order valence-corrected chi connectivity index (χ1v) is 9.24. The van der Waals surface area contributed by atoms with Crippen molar-refractivity contribution in [1.82, 2.24) is 14.9 Å². The van der Waals surface area contributed by atoms with Gasteiger partial charge in [-0.1, -0.05) is 32.0 Å². The zero-order valence-electron chi connectivity index (χ0n) is 16.2. The minimum atomic E-state index is -0.957. The number of benzene rings is 2. The van der Waals surface area contributed by atoms with E-state index in [2.05, 4.69) is 15.2 Å². The lowest BCUT2D eigenvalue weighted by Gasteiger charge is -2.24. The van der Waals surface area contributed by atoms with E-state index in [1.54, 1.807) is 4.57 Å². The lowest BCUT2D eigenvalue weighted by molar-refractivity contribution is -0.125. The summed E-state index contributed by atoms with van der Waals surface area (Å²) in [5, 5.41) is 2.95. The molecule has 7 heteroatoms. The van der Waals surface area contributed by atoms with Gasteiger partial charge in [0.1, 0.15) is 6.04 Å². The smallest absolute Gasteiger partial charge is 0.243 e. The molecule has 1 unspecified atom stereocenters. The van der Waals surface area contributed by atoms with Crippen LogP contribution in [0.15, 0.2) is 48.8 Å². The largest absolute Gasteiger partial charge is 0.373 e. The summed E-state index contributed by atoms with van der Waals surface area (Å²) in [5.74, 6) is -2.15. The molecule has 1 amide bonds.